The highest BCUT2D eigenvalue weighted by atomic mass is 32.2. The summed E-state index contributed by atoms with van der Waals surface area (Å²) in [7, 11) is -1.71. The Balaban J connectivity index is 2.29. The van der Waals surface area contributed by atoms with Gasteiger partial charge in [0.2, 0.25) is 10.0 Å². The quantitative estimate of drug-likeness (QED) is 0.857. The zero-order chi connectivity index (χ0) is 12.5. The molecule has 1 atom stereocenters. The normalized spacial score (nSPS) is 22.7. The molecule has 2 N–H and O–H groups in total. The highest BCUT2D eigenvalue weighted by molar-refractivity contribution is 7.93. The second kappa shape index (κ2) is 4.54. The van der Waals surface area contributed by atoms with Crippen molar-refractivity contribution in [3.8, 4) is 5.75 Å². The number of benzene rings is 1. The maximum atomic E-state index is 12.1. The van der Waals surface area contributed by atoms with E-state index in [1.807, 2.05) is 0 Å². The van der Waals surface area contributed by atoms with Crippen LogP contribution in [0.1, 0.15) is 6.42 Å². The van der Waals surface area contributed by atoms with E-state index >= 15 is 0 Å². The van der Waals surface area contributed by atoms with Crippen LogP contribution >= 0.6 is 0 Å². The fraction of sp³-hybridized carbons (Fsp3) is 0.455. The molecule has 1 aliphatic heterocycles. The highest BCUT2D eigenvalue weighted by Crippen LogP contribution is 2.29. The summed E-state index contributed by atoms with van der Waals surface area (Å²) in [5.74, 6) is 0.709. The van der Waals surface area contributed by atoms with Gasteiger partial charge in [-0.05, 0) is 30.7 Å². The van der Waals surface area contributed by atoms with Gasteiger partial charge in [0.05, 0.1) is 18.0 Å². The van der Waals surface area contributed by atoms with Crippen molar-refractivity contribution in [1.82, 2.24) is 0 Å². The SMILES string of the molecule is COc1ccc(N2CC[C@H](CN)S2(=O)=O)cc1. The van der Waals surface area contributed by atoms with E-state index in [0.29, 0.717) is 24.4 Å². The number of anilines is 1. The smallest absolute Gasteiger partial charge is 0.239 e. The van der Waals surface area contributed by atoms with Crippen molar-refractivity contribution < 1.29 is 13.2 Å². The lowest BCUT2D eigenvalue weighted by Gasteiger charge is -2.18. The summed E-state index contributed by atoms with van der Waals surface area (Å²) in [4.78, 5) is 0. The van der Waals surface area contributed by atoms with Gasteiger partial charge in [0, 0.05) is 13.1 Å². The first-order chi connectivity index (χ1) is 8.09. The Kier molecular flexibility index (Phi) is 3.26. The molecule has 0 aliphatic carbocycles. The Bertz CT molecular complexity index is 484. The largest absolute Gasteiger partial charge is 0.497 e. The highest BCUT2D eigenvalue weighted by Gasteiger charge is 2.37. The van der Waals surface area contributed by atoms with Crippen LogP contribution in [0.3, 0.4) is 0 Å². The van der Waals surface area contributed by atoms with Crippen LogP contribution in [0, 0.1) is 0 Å². The van der Waals surface area contributed by atoms with Crippen LogP contribution in [0.15, 0.2) is 24.3 Å². The van der Waals surface area contributed by atoms with E-state index in [1.54, 1.807) is 31.4 Å². The van der Waals surface area contributed by atoms with Crippen molar-refractivity contribution in [2.75, 3.05) is 24.5 Å². The number of ether oxygens (including phenoxy) is 1. The van der Waals surface area contributed by atoms with E-state index in [4.69, 9.17) is 10.5 Å². The van der Waals surface area contributed by atoms with Crippen LogP contribution in [0.25, 0.3) is 0 Å². The maximum Gasteiger partial charge on any atom is 0.239 e. The number of rotatable bonds is 3. The Morgan fingerprint density at radius 1 is 1.41 bits per heavy atom. The zero-order valence-electron chi connectivity index (χ0n) is 9.67. The first kappa shape index (κ1) is 12.2. The maximum absolute atomic E-state index is 12.1. The molecule has 1 saturated heterocycles. The predicted octanol–water partition coefficient (Wildman–Crippen LogP) is 0.562. The molecule has 17 heavy (non-hydrogen) atoms. The van der Waals surface area contributed by atoms with Crippen molar-refractivity contribution in [3.63, 3.8) is 0 Å². The summed E-state index contributed by atoms with van der Waals surface area (Å²) >= 11 is 0. The first-order valence-electron chi connectivity index (χ1n) is 5.45. The Hall–Kier alpha value is -1.27. The summed E-state index contributed by atoms with van der Waals surface area (Å²) in [6.07, 6.45) is 0.588. The van der Waals surface area contributed by atoms with Gasteiger partial charge >= 0.3 is 0 Å². The van der Waals surface area contributed by atoms with Crippen LogP contribution in [-0.2, 0) is 10.0 Å². The van der Waals surface area contributed by atoms with Crippen LogP contribution in [0.4, 0.5) is 5.69 Å². The van der Waals surface area contributed by atoms with Crippen molar-refractivity contribution in [3.05, 3.63) is 24.3 Å². The second-order valence-corrected chi connectivity index (χ2v) is 6.10. The van der Waals surface area contributed by atoms with Gasteiger partial charge < -0.3 is 10.5 Å². The van der Waals surface area contributed by atoms with Crippen LogP contribution in [0.2, 0.25) is 0 Å². The monoisotopic (exact) mass is 256 g/mol. The Morgan fingerprint density at radius 3 is 2.53 bits per heavy atom. The van der Waals surface area contributed by atoms with Gasteiger partial charge in [-0.3, -0.25) is 4.31 Å². The summed E-state index contributed by atoms with van der Waals surface area (Å²) in [5, 5.41) is -0.454. The average molecular weight is 256 g/mol. The minimum atomic E-state index is -3.28. The predicted molar refractivity (Wildman–Crippen MR) is 66.7 cm³/mol. The van der Waals surface area contributed by atoms with E-state index < -0.39 is 15.3 Å². The van der Waals surface area contributed by atoms with Crippen molar-refractivity contribution in [2.45, 2.75) is 11.7 Å². The molecule has 6 heteroatoms. The van der Waals surface area contributed by atoms with Crippen molar-refractivity contribution in [2.24, 2.45) is 5.73 Å². The molecule has 0 spiro atoms. The summed E-state index contributed by atoms with van der Waals surface area (Å²) in [6.45, 7) is 0.672. The first-order valence-corrected chi connectivity index (χ1v) is 6.95. The Labute approximate surface area is 101 Å². The zero-order valence-corrected chi connectivity index (χ0v) is 10.5. The molecule has 0 radical (unpaired) electrons. The molecule has 2 rings (SSSR count). The standard InChI is InChI=1S/C11H16N2O3S/c1-16-10-4-2-9(3-5-10)13-7-6-11(8-12)17(13,14)15/h2-5,11H,6-8,12H2,1H3/t11-/m1/s1. The molecule has 0 aromatic heterocycles. The van der Waals surface area contributed by atoms with E-state index in [0.717, 1.165) is 0 Å². The van der Waals surface area contributed by atoms with Gasteiger partial charge in [-0.25, -0.2) is 8.42 Å². The van der Waals surface area contributed by atoms with E-state index in [1.165, 1.54) is 4.31 Å². The molecule has 0 saturated carbocycles. The van der Waals surface area contributed by atoms with Gasteiger partial charge in [-0.2, -0.15) is 0 Å². The molecular formula is C11H16N2O3S. The van der Waals surface area contributed by atoms with Crippen molar-refractivity contribution >= 4 is 15.7 Å². The molecule has 1 aliphatic rings. The number of nitrogens with zero attached hydrogens (tertiary/aromatic N) is 1. The lowest BCUT2D eigenvalue weighted by atomic mass is 10.2. The third-order valence-corrected chi connectivity index (χ3v) is 5.28. The van der Waals surface area contributed by atoms with Crippen LogP contribution in [0.5, 0.6) is 5.75 Å². The summed E-state index contributed by atoms with van der Waals surface area (Å²) in [6, 6.07) is 6.99. The molecule has 1 heterocycles. The number of hydrogen-bond donors (Lipinski definition) is 1. The number of hydrogen-bond acceptors (Lipinski definition) is 4. The van der Waals surface area contributed by atoms with E-state index in [9.17, 15) is 8.42 Å². The molecule has 0 bridgehead atoms. The lowest BCUT2D eigenvalue weighted by Crippen LogP contribution is -2.33. The fourth-order valence-electron chi connectivity index (χ4n) is 1.98. The molecule has 1 fully saturated rings. The minimum absolute atomic E-state index is 0.176. The molecule has 5 nitrogen and oxygen atoms in total. The van der Waals surface area contributed by atoms with E-state index in [-0.39, 0.29) is 6.54 Å². The van der Waals surface area contributed by atoms with E-state index in [2.05, 4.69) is 0 Å². The van der Waals surface area contributed by atoms with Crippen LogP contribution in [-0.4, -0.2) is 33.9 Å². The van der Waals surface area contributed by atoms with Gasteiger partial charge in [-0.1, -0.05) is 0 Å². The molecule has 0 amide bonds. The molecule has 0 unspecified atom stereocenters. The van der Waals surface area contributed by atoms with Gasteiger partial charge in [0.15, 0.2) is 0 Å². The fourth-order valence-corrected chi connectivity index (χ4v) is 3.76. The third kappa shape index (κ3) is 2.10. The minimum Gasteiger partial charge on any atom is -0.497 e. The van der Waals surface area contributed by atoms with Crippen molar-refractivity contribution in [1.29, 1.82) is 0 Å². The summed E-state index contributed by atoms with van der Waals surface area (Å²) < 4.78 is 30.6. The van der Waals surface area contributed by atoms with Gasteiger partial charge in [-0.15, -0.1) is 0 Å². The van der Waals surface area contributed by atoms with Crippen LogP contribution < -0.4 is 14.8 Å². The average Bonchev–Trinajstić information content (AvgIpc) is 2.64. The molecule has 1 aromatic rings. The number of methoxy groups -OCH3 is 1. The molecule has 1 aromatic carbocycles. The molecular weight excluding hydrogens is 240 g/mol. The summed E-state index contributed by atoms with van der Waals surface area (Å²) in [5.41, 5.74) is 6.14. The number of sulfonamides is 1. The van der Waals surface area contributed by atoms with Gasteiger partial charge in [0.25, 0.3) is 0 Å². The van der Waals surface area contributed by atoms with Gasteiger partial charge in [0.1, 0.15) is 5.75 Å². The Morgan fingerprint density at radius 2 is 2.06 bits per heavy atom. The lowest BCUT2D eigenvalue weighted by molar-refractivity contribution is 0.415. The number of nitrogens with two attached hydrogens (primary N) is 1. The third-order valence-electron chi connectivity index (χ3n) is 3.01. The second-order valence-electron chi connectivity index (χ2n) is 3.96. The molecule has 94 valence electrons. The topological polar surface area (TPSA) is 72.6 Å².